The number of hydrogen-bond donors (Lipinski definition) is 2. The molecule has 19 heavy (non-hydrogen) atoms. The van der Waals surface area contributed by atoms with E-state index in [1.165, 1.54) is 0 Å². The molecule has 0 atom stereocenters. The van der Waals surface area contributed by atoms with Gasteiger partial charge in [0.1, 0.15) is 0 Å². The van der Waals surface area contributed by atoms with Gasteiger partial charge in [0.05, 0.1) is 17.4 Å². The highest BCUT2D eigenvalue weighted by molar-refractivity contribution is 9.10. The lowest BCUT2D eigenvalue weighted by Gasteiger charge is -2.14. The molecule has 102 valence electrons. The molecule has 2 rings (SSSR count). The first-order valence-corrected chi connectivity index (χ1v) is 6.42. The molecular formula is C12H14BrN3O3. The second-order valence-corrected chi connectivity index (χ2v) is 4.77. The standard InChI is InChI=1S/C12H14BrN3O3/c1-18-10(19-2)6-14-12-15-9-4-3-7(13)5-8(9)11(17)16-12/h3-5,10H,6H2,1-2H3,(H2,14,15,16,17). The second-order valence-electron chi connectivity index (χ2n) is 3.86. The zero-order valence-electron chi connectivity index (χ0n) is 10.6. The van der Waals surface area contributed by atoms with Gasteiger partial charge in [0.2, 0.25) is 5.95 Å². The predicted octanol–water partition coefficient (Wildman–Crippen LogP) is 1.72. The van der Waals surface area contributed by atoms with E-state index >= 15 is 0 Å². The lowest BCUT2D eigenvalue weighted by atomic mass is 10.2. The largest absolute Gasteiger partial charge is 0.354 e. The zero-order valence-corrected chi connectivity index (χ0v) is 12.2. The van der Waals surface area contributed by atoms with Crippen molar-refractivity contribution in [3.8, 4) is 0 Å². The molecule has 7 heteroatoms. The molecule has 0 amide bonds. The van der Waals surface area contributed by atoms with Gasteiger partial charge in [-0.2, -0.15) is 0 Å². The highest BCUT2D eigenvalue weighted by atomic mass is 79.9. The van der Waals surface area contributed by atoms with Crippen molar-refractivity contribution < 1.29 is 9.47 Å². The number of H-pyrrole nitrogens is 1. The van der Waals surface area contributed by atoms with E-state index in [1.54, 1.807) is 26.4 Å². The molecule has 0 spiro atoms. The predicted molar refractivity (Wildman–Crippen MR) is 76.4 cm³/mol. The number of benzene rings is 1. The van der Waals surface area contributed by atoms with Gasteiger partial charge in [0.25, 0.3) is 5.56 Å². The topological polar surface area (TPSA) is 76.2 Å². The van der Waals surface area contributed by atoms with Gasteiger partial charge in [-0.05, 0) is 18.2 Å². The number of aromatic nitrogens is 2. The lowest BCUT2D eigenvalue weighted by molar-refractivity contribution is -0.0914. The molecule has 1 aromatic heterocycles. The summed E-state index contributed by atoms with van der Waals surface area (Å²) in [6.45, 7) is 0.387. The second kappa shape index (κ2) is 6.14. The molecule has 0 aliphatic rings. The van der Waals surface area contributed by atoms with Crippen LogP contribution in [0, 0.1) is 0 Å². The van der Waals surface area contributed by atoms with Crippen LogP contribution in [-0.2, 0) is 9.47 Å². The van der Waals surface area contributed by atoms with E-state index in [1.807, 2.05) is 6.07 Å². The van der Waals surface area contributed by atoms with Gasteiger partial charge in [-0.15, -0.1) is 0 Å². The summed E-state index contributed by atoms with van der Waals surface area (Å²) in [5.74, 6) is 0.388. The highest BCUT2D eigenvalue weighted by Crippen LogP contribution is 2.15. The van der Waals surface area contributed by atoms with E-state index in [2.05, 4.69) is 31.2 Å². The van der Waals surface area contributed by atoms with Crippen LogP contribution >= 0.6 is 15.9 Å². The molecular weight excluding hydrogens is 314 g/mol. The van der Waals surface area contributed by atoms with Gasteiger partial charge < -0.3 is 14.8 Å². The van der Waals surface area contributed by atoms with Gasteiger partial charge in [-0.3, -0.25) is 9.78 Å². The number of aromatic amines is 1. The van der Waals surface area contributed by atoms with E-state index in [0.29, 0.717) is 23.4 Å². The van der Waals surface area contributed by atoms with E-state index in [0.717, 1.165) is 4.47 Å². The fourth-order valence-electron chi connectivity index (χ4n) is 1.64. The Morgan fingerprint density at radius 1 is 1.42 bits per heavy atom. The minimum absolute atomic E-state index is 0.194. The van der Waals surface area contributed by atoms with Crippen LogP contribution in [0.4, 0.5) is 5.95 Å². The molecule has 0 saturated heterocycles. The van der Waals surface area contributed by atoms with Gasteiger partial charge in [-0.25, -0.2) is 4.98 Å². The van der Waals surface area contributed by atoms with Crippen molar-refractivity contribution in [2.75, 3.05) is 26.1 Å². The summed E-state index contributed by atoms with van der Waals surface area (Å²) in [5.41, 5.74) is 0.431. The number of anilines is 1. The number of methoxy groups -OCH3 is 2. The van der Waals surface area contributed by atoms with E-state index < -0.39 is 6.29 Å². The Hall–Kier alpha value is -1.44. The van der Waals surface area contributed by atoms with Gasteiger partial charge in [-0.1, -0.05) is 15.9 Å². The SMILES string of the molecule is COC(CNc1nc2ccc(Br)cc2c(=O)[nH]1)OC. The molecule has 0 aliphatic heterocycles. The Morgan fingerprint density at radius 3 is 2.84 bits per heavy atom. The number of ether oxygens (including phenoxy) is 2. The van der Waals surface area contributed by atoms with Crippen LogP contribution in [0.1, 0.15) is 0 Å². The van der Waals surface area contributed by atoms with E-state index in [4.69, 9.17) is 9.47 Å². The van der Waals surface area contributed by atoms with Crippen LogP contribution in [0.15, 0.2) is 27.5 Å². The summed E-state index contributed by atoms with van der Waals surface area (Å²) in [7, 11) is 3.09. The molecule has 0 radical (unpaired) electrons. The average molecular weight is 328 g/mol. The fourth-order valence-corrected chi connectivity index (χ4v) is 2.00. The maximum atomic E-state index is 11.9. The van der Waals surface area contributed by atoms with Crippen LogP contribution in [0.25, 0.3) is 10.9 Å². The quantitative estimate of drug-likeness (QED) is 0.818. The molecule has 2 N–H and O–H groups in total. The van der Waals surface area contributed by atoms with Crippen LogP contribution < -0.4 is 10.9 Å². The minimum Gasteiger partial charge on any atom is -0.354 e. The molecule has 0 bridgehead atoms. The molecule has 0 aliphatic carbocycles. The Balaban J connectivity index is 2.26. The first-order chi connectivity index (χ1) is 9.13. The Bertz CT molecular complexity index is 625. The monoisotopic (exact) mass is 327 g/mol. The lowest BCUT2D eigenvalue weighted by Crippen LogP contribution is -2.25. The van der Waals surface area contributed by atoms with Gasteiger partial charge in [0, 0.05) is 18.7 Å². The Kier molecular flexibility index (Phi) is 4.52. The summed E-state index contributed by atoms with van der Waals surface area (Å²) in [4.78, 5) is 18.9. The molecule has 2 aromatic rings. The number of rotatable bonds is 5. The molecule has 6 nitrogen and oxygen atoms in total. The van der Waals surface area contributed by atoms with Crippen molar-refractivity contribution in [3.63, 3.8) is 0 Å². The average Bonchev–Trinajstić information content (AvgIpc) is 2.41. The summed E-state index contributed by atoms with van der Waals surface area (Å²) in [6.07, 6.45) is -0.397. The summed E-state index contributed by atoms with van der Waals surface area (Å²) < 4.78 is 10.9. The van der Waals surface area contributed by atoms with Crippen LogP contribution in [0.2, 0.25) is 0 Å². The molecule has 0 fully saturated rings. The normalized spacial score (nSPS) is 11.2. The van der Waals surface area contributed by atoms with Gasteiger partial charge in [0.15, 0.2) is 6.29 Å². The first-order valence-electron chi connectivity index (χ1n) is 5.63. The van der Waals surface area contributed by atoms with Crippen molar-refractivity contribution in [2.45, 2.75) is 6.29 Å². The smallest absolute Gasteiger partial charge is 0.260 e. The van der Waals surface area contributed by atoms with Crippen LogP contribution in [0.3, 0.4) is 0 Å². The molecule has 0 unspecified atom stereocenters. The summed E-state index contributed by atoms with van der Waals surface area (Å²) >= 11 is 3.32. The van der Waals surface area contributed by atoms with Crippen molar-refractivity contribution >= 4 is 32.8 Å². The minimum atomic E-state index is -0.397. The van der Waals surface area contributed by atoms with E-state index in [9.17, 15) is 4.79 Å². The third-order valence-electron chi connectivity index (χ3n) is 2.63. The maximum Gasteiger partial charge on any atom is 0.260 e. The Morgan fingerprint density at radius 2 is 2.16 bits per heavy atom. The van der Waals surface area contributed by atoms with Crippen LogP contribution in [0.5, 0.6) is 0 Å². The zero-order chi connectivity index (χ0) is 13.8. The third-order valence-corrected chi connectivity index (χ3v) is 3.12. The molecule has 0 saturated carbocycles. The fraction of sp³-hybridized carbons (Fsp3) is 0.333. The maximum absolute atomic E-state index is 11.9. The van der Waals surface area contributed by atoms with Crippen molar-refractivity contribution in [3.05, 3.63) is 33.0 Å². The van der Waals surface area contributed by atoms with Crippen molar-refractivity contribution in [1.82, 2.24) is 9.97 Å². The van der Waals surface area contributed by atoms with Gasteiger partial charge >= 0.3 is 0 Å². The van der Waals surface area contributed by atoms with Crippen LogP contribution in [-0.4, -0.2) is 37.0 Å². The highest BCUT2D eigenvalue weighted by Gasteiger charge is 2.07. The number of hydrogen-bond acceptors (Lipinski definition) is 5. The van der Waals surface area contributed by atoms with E-state index in [-0.39, 0.29) is 5.56 Å². The third kappa shape index (κ3) is 3.31. The van der Waals surface area contributed by atoms with Crippen molar-refractivity contribution in [2.24, 2.45) is 0 Å². The summed E-state index contributed by atoms with van der Waals surface area (Å²) in [6, 6.07) is 5.35. The molecule has 1 heterocycles. The van der Waals surface area contributed by atoms with Crippen molar-refractivity contribution in [1.29, 1.82) is 0 Å². The number of fused-ring (bicyclic) bond motifs is 1. The molecule has 1 aromatic carbocycles. The Labute approximate surface area is 118 Å². The number of halogens is 1. The number of nitrogens with zero attached hydrogens (tertiary/aromatic N) is 1. The first kappa shape index (κ1) is 14.0. The summed E-state index contributed by atoms with van der Waals surface area (Å²) in [5, 5.41) is 3.50. The number of nitrogens with one attached hydrogen (secondary N) is 2.